The molecule has 18 heavy (non-hydrogen) atoms. The van der Waals surface area contributed by atoms with Crippen molar-refractivity contribution in [3.8, 4) is 0 Å². The first kappa shape index (κ1) is 11.1. The topological polar surface area (TPSA) is 28.7 Å². The minimum absolute atomic E-state index is 0.535. The highest BCUT2D eigenvalue weighted by Gasteiger charge is 2.01. The first-order valence-corrected chi connectivity index (χ1v) is 6.24. The molecule has 1 aromatic heterocycles. The van der Waals surface area contributed by atoms with Crippen molar-refractivity contribution < 1.29 is 0 Å². The van der Waals surface area contributed by atoms with Gasteiger partial charge < -0.3 is 4.98 Å². The molecular weight excluding hydrogens is 240 g/mol. The van der Waals surface area contributed by atoms with Crippen LogP contribution in [0.2, 0.25) is 0 Å². The van der Waals surface area contributed by atoms with E-state index in [4.69, 9.17) is 12.2 Å². The van der Waals surface area contributed by atoms with E-state index in [-0.39, 0.29) is 0 Å². The fourth-order valence-corrected chi connectivity index (χ4v) is 2.35. The largest absolute Gasteiger partial charge is 0.334 e. The van der Waals surface area contributed by atoms with Gasteiger partial charge in [0.1, 0.15) is 0 Å². The van der Waals surface area contributed by atoms with Gasteiger partial charge in [-0.3, -0.25) is 0 Å². The Morgan fingerprint density at radius 1 is 1.00 bits per heavy atom. The maximum Gasteiger partial charge on any atom is 0.196 e. The maximum absolute atomic E-state index is 5.04. The van der Waals surface area contributed by atoms with Gasteiger partial charge >= 0.3 is 0 Å². The van der Waals surface area contributed by atoms with Crippen LogP contribution in [0, 0.1) is 4.77 Å². The fourth-order valence-electron chi connectivity index (χ4n) is 2.16. The van der Waals surface area contributed by atoms with Crippen molar-refractivity contribution in [2.24, 2.45) is 0 Å². The van der Waals surface area contributed by atoms with Gasteiger partial charge in [0.15, 0.2) is 4.77 Å². The molecule has 1 heterocycles. The molecule has 88 valence electrons. The third kappa shape index (κ3) is 2.17. The number of nitrogens with zero attached hydrogens (tertiary/aromatic N) is 1. The minimum Gasteiger partial charge on any atom is -0.334 e. The van der Waals surface area contributed by atoms with Crippen LogP contribution in [0.4, 0.5) is 0 Å². The summed E-state index contributed by atoms with van der Waals surface area (Å²) in [6.45, 7) is 0. The number of hydrogen-bond donors (Lipinski definition) is 1. The average Bonchev–Trinajstić information content (AvgIpc) is 2.39. The highest BCUT2D eigenvalue weighted by Crippen LogP contribution is 2.20. The molecule has 2 nitrogen and oxygen atoms in total. The molecule has 0 saturated heterocycles. The Balaban J connectivity index is 2.07. The summed E-state index contributed by atoms with van der Waals surface area (Å²) in [5, 5.41) is 2.55. The SMILES string of the molecule is S=c1nccc(Cc2cccc3ccccc23)[nH]1. The summed E-state index contributed by atoms with van der Waals surface area (Å²) in [4.78, 5) is 7.13. The molecule has 0 unspecified atom stereocenters. The number of benzene rings is 2. The van der Waals surface area contributed by atoms with Crippen LogP contribution in [-0.2, 0) is 6.42 Å². The van der Waals surface area contributed by atoms with Gasteiger partial charge in [0.2, 0.25) is 0 Å². The number of rotatable bonds is 2. The van der Waals surface area contributed by atoms with Crippen LogP contribution < -0.4 is 0 Å². The molecule has 0 fully saturated rings. The summed E-state index contributed by atoms with van der Waals surface area (Å²) in [6.07, 6.45) is 2.59. The van der Waals surface area contributed by atoms with Gasteiger partial charge in [-0.15, -0.1) is 0 Å². The maximum atomic E-state index is 5.04. The van der Waals surface area contributed by atoms with Crippen LogP contribution in [0.3, 0.4) is 0 Å². The second-order valence-electron chi connectivity index (χ2n) is 4.22. The molecule has 0 amide bonds. The summed E-state index contributed by atoms with van der Waals surface area (Å²) in [5.41, 5.74) is 2.39. The number of H-pyrrole nitrogens is 1. The summed E-state index contributed by atoms with van der Waals surface area (Å²) in [6, 6.07) is 16.8. The van der Waals surface area contributed by atoms with Gasteiger partial charge in [-0.2, -0.15) is 0 Å². The summed E-state index contributed by atoms with van der Waals surface area (Å²) >= 11 is 5.04. The molecule has 0 aliphatic carbocycles. The Morgan fingerprint density at radius 2 is 1.83 bits per heavy atom. The van der Waals surface area contributed by atoms with E-state index in [9.17, 15) is 0 Å². The lowest BCUT2D eigenvalue weighted by molar-refractivity contribution is 1.01. The summed E-state index contributed by atoms with van der Waals surface area (Å²) in [5.74, 6) is 0. The standard InChI is InChI=1S/C15H12N2S/c18-15-16-9-8-13(17-15)10-12-6-3-5-11-4-1-2-7-14(11)12/h1-9H,10H2,(H,16,17,18). The molecule has 3 aromatic rings. The van der Waals surface area contributed by atoms with E-state index in [0.717, 1.165) is 12.1 Å². The van der Waals surface area contributed by atoms with Crippen LogP contribution in [0.1, 0.15) is 11.3 Å². The monoisotopic (exact) mass is 252 g/mol. The van der Waals surface area contributed by atoms with Crippen LogP contribution in [0.25, 0.3) is 10.8 Å². The molecule has 0 atom stereocenters. The van der Waals surface area contributed by atoms with Gasteiger partial charge in [0, 0.05) is 18.3 Å². The third-order valence-electron chi connectivity index (χ3n) is 3.00. The number of hydrogen-bond acceptors (Lipinski definition) is 2. The van der Waals surface area contributed by atoms with Gasteiger partial charge in [0.05, 0.1) is 0 Å². The molecule has 2 aromatic carbocycles. The highest BCUT2D eigenvalue weighted by atomic mass is 32.1. The van der Waals surface area contributed by atoms with E-state index in [1.165, 1.54) is 16.3 Å². The van der Waals surface area contributed by atoms with Crippen LogP contribution >= 0.6 is 12.2 Å². The molecule has 0 radical (unpaired) electrons. The molecule has 0 aliphatic rings. The normalized spacial score (nSPS) is 10.7. The van der Waals surface area contributed by atoms with Crippen molar-refractivity contribution in [1.29, 1.82) is 0 Å². The molecular formula is C15H12N2S. The molecule has 0 bridgehead atoms. The van der Waals surface area contributed by atoms with Crippen molar-refractivity contribution in [3.63, 3.8) is 0 Å². The Kier molecular flexibility index (Phi) is 2.90. The zero-order valence-corrected chi connectivity index (χ0v) is 10.6. The van der Waals surface area contributed by atoms with Crippen molar-refractivity contribution in [1.82, 2.24) is 9.97 Å². The number of aromatic amines is 1. The number of aromatic nitrogens is 2. The molecule has 0 spiro atoms. The zero-order chi connectivity index (χ0) is 12.4. The van der Waals surface area contributed by atoms with E-state index in [1.807, 2.05) is 6.07 Å². The van der Waals surface area contributed by atoms with E-state index < -0.39 is 0 Å². The van der Waals surface area contributed by atoms with Crippen LogP contribution in [0.15, 0.2) is 54.7 Å². The Labute approximate surface area is 110 Å². The Hall–Kier alpha value is -2.00. The second kappa shape index (κ2) is 4.70. The first-order chi connectivity index (χ1) is 8.83. The highest BCUT2D eigenvalue weighted by molar-refractivity contribution is 7.71. The lowest BCUT2D eigenvalue weighted by Crippen LogP contribution is -1.94. The van der Waals surface area contributed by atoms with E-state index in [0.29, 0.717) is 4.77 Å². The van der Waals surface area contributed by atoms with Crippen molar-refractivity contribution in [3.05, 3.63) is 70.8 Å². The molecule has 3 heteroatoms. The molecule has 3 rings (SSSR count). The van der Waals surface area contributed by atoms with E-state index in [2.05, 4.69) is 52.4 Å². The van der Waals surface area contributed by atoms with Crippen LogP contribution in [-0.4, -0.2) is 9.97 Å². The molecule has 0 saturated carbocycles. The minimum atomic E-state index is 0.535. The quantitative estimate of drug-likeness (QED) is 0.701. The van der Waals surface area contributed by atoms with Crippen molar-refractivity contribution in [2.45, 2.75) is 6.42 Å². The first-order valence-electron chi connectivity index (χ1n) is 5.84. The number of fused-ring (bicyclic) bond motifs is 1. The van der Waals surface area contributed by atoms with Crippen LogP contribution in [0.5, 0.6) is 0 Å². The fraction of sp³-hybridized carbons (Fsp3) is 0.0667. The summed E-state index contributed by atoms with van der Waals surface area (Å²) in [7, 11) is 0. The van der Waals surface area contributed by atoms with E-state index >= 15 is 0 Å². The number of nitrogens with one attached hydrogen (secondary N) is 1. The Bertz CT molecular complexity index is 741. The average molecular weight is 252 g/mol. The summed E-state index contributed by atoms with van der Waals surface area (Å²) < 4.78 is 0.535. The zero-order valence-electron chi connectivity index (χ0n) is 9.76. The smallest absolute Gasteiger partial charge is 0.196 e. The predicted octanol–water partition coefficient (Wildman–Crippen LogP) is 3.88. The lowest BCUT2D eigenvalue weighted by atomic mass is 10.0. The van der Waals surface area contributed by atoms with Crippen molar-refractivity contribution in [2.75, 3.05) is 0 Å². The third-order valence-corrected chi connectivity index (χ3v) is 3.20. The molecule has 1 N–H and O–H groups in total. The Morgan fingerprint density at radius 3 is 2.72 bits per heavy atom. The molecule has 0 aliphatic heterocycles. The second-order valence-corrected chi connectivity index (χ2v) is 4.60. The van der Waals surface area contributed by atoms with Gasteiger partial charge in [-0.1, -0.05) is 42.5 Å². The van der Waals surface area contributed by atoms with Crippen molar-refractivity contribution >= 4 is 23.0 Å². The lowest BCUT2D eigenvalue weighted by Gasteiger charge is -2.06. The van der Waals surface area contributed by atoms with Gasteiger partial charge in [-0.05, 0) is 34.6 Å². The van der Waals surface area contributed by atoms with Gasteiger partial charge in [-0.25, -0.2) is 4.98 Å². The van der Waals surface area contributed by atoms with E-state index in [1.54, 1.807) is 6.20 Å². The predicted molar refractivity (Wildman–Crippen MR) is 76.2 cm³/mol. The van der Waals surface area contributed by atoms with Gasteiger partial charge in [0.25, 0.3) is 0 Å².